The Hall–Kier alpha value is -1.85. The summed E-state index contributed by atoms with van der Waals surface area (Å²) in [5.74, 6) is 0.758. The van der Waals surface area contributed by atoms with Gasteiger partial charge >= 0.3 is 12.0 Å². The molecule has 0 aromatic carbocycles. The largest absolute Gasteiger partial charge is 0.467 e. The van der Waals surface area contributed by atoms with Crippen molar-refractivity contribution in [3.8, 4) is 6.01 Å². The van der Waals surface area contributed by atoms with Crippen LogP contribution < -0.4 is 9.64 Å². The Kier molecular flexibility index (Phi) is 7.08. The molecular weight excluding hydrogens is 282 g/mol. The average molecular weight is 309 g/mol. The summed E-state index contributed by atoms with van der Waals surface area (Å²) < 4.78 is 9.80. The lowest BCUT2D eigenvalue weighted by Gasteiger charge is -2.27. The van der Waals surface area contributed by atoms with Gasteiger partial charge in [-0.3, -0.25) is 4.79 Å². The Balaban J connectivity index is 0.000000261. The second-order valence-electron chi connectivity index (χ2n) is 6.16. The van der Waals surface area contributed by atoms with Crippen LogP contribution in [-0.4, -0.2) is 41.7 Å². The fraction of sp³-hybridized carbons (Fsp3) is 0.688. The van der Waals surface area contributed by atoms with Crippen molar-refractivity contribution in [3.63, 3.8) is 0 Å². The second-order valence-corrected chi connectivity index (χ2v) is 6.16. The van der Waals surface area contributed by atoms with Gasteiger partial charge in [0.1, 0.15) is 11.4 Å². The van der Waals surface area contributed by atoms with E-state index < -0.39 is 0 Å². The van der Waals surface area contributed by atoms with E-state index in [-0.39, 0.29) is 11.6 Å². The third-order valence-corrected chi connectivity index (χ3v) is 2.93. The predicted octanol–water partition coefficient (Wildman–Crippen LogP) is 2.82. The lowest BCUT2D eigenvalue weighted by atomic mass is 10.1. The summed E-state index contributed by atoms with van der Waals surface area (Å²) in [6.45, 7) is 9.13. The van der Waals surface area contributed by atoms with E-state index in [9.17, 15) is 4.79 Å². The number of carbonyl (C=O) groups excluding carboxylic acids is 1. The Bertz CT molecular complexity index is 466. The number of hydrogen-bond donors (Lipinski definition) is 0. The summed E-state index contributed by atoms with van der Waals surface area (Å²) in [5, 5.41) is 0. The van der Waals surface area contributed by atoms with E-state index in [0.29, 0.717) is 6.01 Å². The molecule has 0 spiro atoms. The molecule has 0 N–H and O–H groups in total. The Morgan fingerprint density at radius 2 is 1.86 bits per heavy atom. The van der Waals surface area contributed by atoms with Crippen molar-refractivity contribution in [2.75, 3.05) is 25.1 Å². The zero-order valence-electron chi connectivity index (χ0n) is 14.3. The summed E-state index contributed by atoms with van der Waals surface area (Å²) in [4.78, 5) is 20.8. The van der Waals surface area contributed by atoms with Gasteiger partial charge in [0.15, 0.2) is 0 Å². The van der Waals surface area contributed by atoms with Crippen LogP contribution in [0.25, 0.3) is 0 Å². The van der Waals surface area contributed by atoms with Gasteiger partial charge in [-0.1, -0.05) is 0 Å². The third-order valence-electron chi connectivity index (χ3n) is 2.93. The summed E-state index contributed by atoms with van der Waals surface area (Å²) in [6.07, 6.45) is 5.59. The highest BCUT2D eigenvalue weighted by molar-refractivity contribution is 5.66. The van der Waals surface area contributed by atoms with Gasteiger partial charge in [-0.05, 0) is 46.1 Å². The van der Waals surface area contributed by atoms with Gasteiger partial charge in [-0.25, -0.2) is 4.98 Å². The minimum absolute atomic E-state index is 0.225. The van der Waals surface area contributed by atoms with Crippen LogP contribution in [0, 0.1) is 0 Å². The number of methoxy groups -OCH3 is 1. The Morgan fingerprint density at radius 3 is 2.32 bits per heavy atom. The Morgan fingerprint density at radius 1 is 1.23 bits per heavy atom. The van der Waals surface area contributed by atoms with Crippen LogP contribution in [0.4, 0.5) is 5.82 Å². The molecule has 22 heavy (non-hydrogen) atoms. The molecule has 6 heteroatoms. The van der Waals surface area contributed by atoms with Gasteiger partial charge < -0.3 is 14.4 Å². The van der Waals surface area contributed by atoms with Crippen LogP contribution in [-0.2, 0) is 9.53 Å². The molecular formula is C16H27N3O3. The second kappa shape index (κ2) is 8.56. The molecule has 2 rings (SSSR count). The van der Waals surface area contributed by atoms with E-state index in [1.165, 1.54) is 26.2 Å². The molecule has 1 saturated heterocycles. The number of piperidine rings is 1. The van der Waals surface area contributed by atoms with Gasteiger partial charge in [0.2, 0.25) is 0 Å². The number of anilines is 1. The smallest absolute Gasteiger partial charge is 0.318 e. The molecule has 0 aliphatic carbocycles. The summed E-state index contributed by atoms with van der Waals surface area (Å²) in [6, 6.07) is 2.39. The van der Waals surface area contributed by atoms with Gasteiger partial charge in [0.25, 0.3) is 0 Å². The van der Waals surface area contributed by atoms with Gasteiger partial charge in [0, 0.05) is 26.2 Å². The molecule has 124 valence electrons. The molecule has 1 aromatic rings. The molecule has 1 aliphatic rings. The average Bonchev–Trinajstić information content (AvgIpc) is 2.46. The van der Waals surface area contributed by atoms with Crippen molar-refractivity contribution in [1.29, 1.82) is 0 Å². The minimum Gasteiger partial charge on any atom is -0.467 e. The lowest BCUT2D eigenvalue weighted by molar-refractivity contribution is -0.151. The van der Waals surface area contributed by atoms with Crippen LogP contribution in [0.1, 0.15) is 47.0 Å². The van der Waals surface area contributed by atoms with Gasteiger partial charge in [-0.15, -0.1) is 0 Å². The predicted molar refractivity (Wildman–Crippen MR) is 86.2 cm³/mol. The molecule has 0 amide bonds. The fourth-order valence-electron chi connectivity index (χ4n) is 2.16. The van der Waals surface area contributed by atoms with Gasteiger partial charge in [0.05, 0.1) is 7.11 Å². The molecule has 1 aliphatic heterocycles. The maximum atomic E-state index is 10.2. The number of hydrogen-bond acceptors (Lipinski definition) is 6. The van der Waals surface area contributed by atoms with Crippen molar-refractivity contribution in [3.05, 3.63) is 12.3 Å². The molecule has 6 nitrogen and oxygen atoms in total. The van der Waals surface area contributed by atoms with Crippen LogP contribution in [0.3, 0.4) is 0 Å². The fourth-order valence-corrected chi connectivity index (χ4v) is 2.16. The highest BCUT2D eigenvalue weighted by Gasteiger charge is 2.12. The number of aromatic nitrogens is 2. The maximum Gasteiger partial charge on any atom is 0.318 e. The van der Waals surface area contributed by atoms with Crippen LogP contribution in [0.5, 0.6) is 6.01 Å². The monoisotopic (exact) mass is 309 g/mol. The first kappa shape index (κ1) is 18.2. The molecule has 2 heterocycles. The number of esters is 1. The third kappa shape index (κ3) is 7.24. The van der Waals surface area contributed by atoms with Crippen LogP contribution in [0.15, 0.2) is 12.3 Å². The number of carbonyl (C=O) groups is 1. The number of rotatable bonds is 2. The first-order valence-corrected chi connectivity index (χ1v) is 7.63. The summed E-state index contributed by atoms with van der Waals surface area (Å²) in [7, 11) is 1.59. The maximum absolute atomic E-state index is 10.2. The molecule has 0 radical (unpaired) electrons. The normalized spacial score (nSPS) is 14.7. The zero-order valence-corrected chi connectivity index (χ0v) is 14.3. The van der Waals surface area contributed by atoms with E-state index in [0.717, 1.165) is 18.9 Å². The van der Waals surface area contributed by atoms with E-state index in [2.05, 4.69) is 14.9 Å². The molecule has 0 saturated carbocycles. The van der Waals surface area contributed by atoms with Gasteiger partial charge in [-0.2, -0.15) is 4.98 Å². The SMILES string of the molecule is CC(=O)OC(C)(C)C.COc1nccc(N2CCCCC2)n1. The van der Waals surface area contributed by atoms with Crippen molar-refractivity contribution < 1.29 is 14.3 Å². The van der Waals surface area contributed by atoms with Crippen molar-refractivity contribution in [1.82, 2.24) is 9.97 Å². The minimum atomic E-state index is -0.328. The van der Waals surface area contributed by atoms with E-state index >= 15 is 0 Å². The Labute approximate surface area is 132 Å². The van der Waals surface area contributed by atoms with E-state index in [1.807, 2.05) is 26.8 Å². The number of nitrogens with zero attached hydrogens (tertiary/aromatic N) is 3. The topological polar surface area (TPSA) is 64.6 Å². The highest BCUT2D eigenvalue weighted by Crippen LogP contribution is 2.18. The van der Waals surface area contributed by atoms with Crippen LogP contribution >= 0.6 is 0 Å². The van der Waals surface area contributed by atoms with Crippen molar-refractivity contribution >= 4 is 11.8 Å². The molecule has 1 aromatic heterocycles. The highest BCUT2D eigenvalue weighted by atomic mass is 16.6. The summed E-state index contributed by atoms with van der Waals surface area (Å²) in [5.41, 5.74) is -0.328. The molecule has 0 atom stereocenters. The lowest BCUT2D eigenvalue weighted by Crippen LogP contribution is -2.30. The van der Waals surface area contributed by atoms with E-state index in [1.54, 1.807) is 13.3 Å². The standard InChI is InChI=1S/C10H15N3O.C6H12O2/c1-14-10-11-6-5-9(12-10)13-7-3-2-4-8-13;1-5(7)8-6(2,3)4/h5-6H,2-4,7-8H2,1H3;1-4H3. The quantitative estimate of drug-likeness (QED) is 0.783. The first-order chi connectivity index (χ1) is 10.3. The molecule has 0 unspecified atom stereocenters. The summed E-state index contributed by atoms with van der Waals surface area (Å²) >= 11 is 0. The van der Waals surface area contributed by atoms with E-state index in [4.69, 9.17) is 9.47 Å². The van der Waals surface area contributed by atoms with Crippen molar-refractivity contribution in [2.45, 2.75) is 52.6 Å². The number of ether oxygens (including phenoxy) is 2. The molecule has 1 fully saturated rings. The molecule has 0 bridgehead atoms. The first-order valence-electron chi connectivity index (χ1n) is 7.63. The van der Waals surface area contributed by atoms with Crippen molar-refractivity contribution in [2.24, 2.45) is 0 Å². The van der Waals surface area contributed by atoms with Crippen LogP contribution in [0.2, 0.25) is 0 Å². The zero-order chi connectivity index (χ0) is 16.6.